The summed E-state index contributed by atoms with van der Waals surface area (Å²) in [6, 6.07) is 3.79. The summed E-state index contributed by atoms with van der Waals surface area (Å²) in [6.45, 7) is 12.8. The van der Waals surface area contributed by atoms with Crippen molar-refractivity contribution in [1.82, 2.24) is 4.90 Å². The normalized spacial score (nSPS) is 23.9. The number of nitrogens with zero attached hydrogens (tertiary/aromatic N) is 2. The van der Waals surface area contributed by atoms with Gasteiger partial charge in [0.1, 0.15) is 28.7 Å². The minimum atomic E-state index is -1.75. The average Bonchev–Trinajstić information content (AvgIpc) is 2.58. The summed E-state index contributed by atoms with van der Waals surface area (Å²) in [5.74, 6) is -0.701. The van der Waals surface area contributed by atoms with Crippen molar-refractivity contribution >= 4 is 34.8 Å². The Hall–Kier alpha value is -2.36. The van der Waals surface area contributed by atoms with Crippen molar-refractivity contribution < 1.29 is 27.8 Å². The summed E-state index contributed by atoms with van der Waals surface area (Å²) in [5, 5.41) is -0.931. The van der Waals surface area contributed by atoms with E-state index >= 15 is 4.39 Å². The van der Waals surface area contributed by atoms with E-state index in [-0.39, 0.29) is 16.4 Å². The van der Waals surface area contributed by atoms with Gasteiger partial charge in [-0.2, -0.15) is 4.90 Å². The molecule has 0 saturated carbocycles. The molecule has 1 aliphatic heterocycles. The highest BCUT2D eigenvalue weighted by molar-refractivity contribution is 8.14. The maximum Gasteiger partial charge on any atom is 0.426 e. The Morgan fingerprint density at radius 2 is 1.62 bits per heavy atom. The van der Waals surface area contributed by atoms with E-state index in [1.165, 1.54) is 19.1 Å². The number of rotatable bonds is 1. The van der Waals surface area contributed by atoms with Gasteiger partial charge in [-0.25, -0.2) is 23.4 Å². The number of halogens is 2. The Labute approximate surface area is 191 Å². The number of nitrogen functional groups attached to an aromatic ring is 1. The number of amides is 2. The SMILES string of the molecule is C[C@H]1SC(N(C(=O)OC(C)(C)C)C(=O)OC(C)(C)C)=N[C@](C)(c2cc(N)ccc2F)[C@H]1F. The second-order valence-corrected chi connectivity index (χ2v) is 11.1. The summed E-state index contributed by atoms with van der Waals surface area (Å²) in [7, 11) is 0. The molecular formula is C22H31F2N3O4S. The van der Waals surface area contributed by atoms with Gasteiger partial charge in [-0.05, 0) is 73.6 Å². The molecule has 2 N–H and O–H groups in total. The van der Waals surface area contributed by atoms with Crippen molar-refractivity contribution in [3.05, 3.63) is 29.6 Å². The quantitative estimate of drug-likeness (QED) is 0.534. The zero-order valence-electron chi connectivity index (χ0n) is 19.7. The van der Waals surface area contributed by atoms with Crippen molar-refractivity contribution in [1.29, 1.82) is 0 Å². The Bertz CT molecular complexity index is 899. The molecule has 1 aromatic carbocycles. The van der Waals surface area contributed by atoms with Crippen LogP contribution in [0.25, 0.3) is 0 Å². The van der Waals surface area contributed by atoms with Crippen molar-refractivity contribution in [2.24, 2.45) is 4.99 Å². The molecule has 32 heavy (non-hydrogen) atoms. The lowest BCUT2D eigenvalue weighted by Crippen LogP contribution is -2.51. The number of thioether (sulfide) groups is 1. The second-order valence-electron chi connectivity index (χ2n) is 9.80. The molecule has 0 bridgehead atoms. The van der Waals surface area contributed by atoms with Gasteiger partial charge in [-0.15, -0.1) is 0 Å². The zero-order chi connectivity index (χ0) is 24.6. The smallest absolute Gasteiger partial charge is 0.426 e. The fourth-order valence-corrected chi connectivity index (χ4v) is 4.27. The van der Waals surface area contributed by atoms with Crippen LogP contribution in [0, 0.1) is 5.82 Å². The highest BCUT2D eigenvalue weighted by Gasteiger charge is 2.49. The number of anilines is 1. The number of nitrogens with two attached hydrogens (primary N) is 1. The van der Waals surface area contributed by atoms with Crippen molar-refractivity contribution in [2.45, 2.75) is 83.6 Å². The van der Waals surface area contributed by atoms with Gasteiger partial charge in [0, 0.05) is 16.5 Å². The minimum Gasteiger partial charge on any atom is -0.443 e. The number of hydrogen-bond donors (Lipinski definition) is 1. The first-order valence-electron chi connectivity index (χ1n) is 10.2. The van der Waals surface area contributed by atoms with Gasteiger partial charge in [-0.1, -0.05) is 11.8 Å². The lowest BCUT2D eigenvalue weighted by molar-refractivity contribution is 0.0149. The van der Waals surface area contributed by atoms with E-state index in [1.54, 1.807) is 48.5 Å². The van der Waals surface area contributed by atoms with Crippen LogP contribution in [0.4, 0.5) is 24.1 Å². The van der Waals surface area contributed by atoms with Crippen LogP contribution in [0.2, 0.25) is 0 Å². The van der Waals surface area contributed by atoms with Crippen molar-refractivity contribution in [2.75, 3.05) is 5.73 Å². The number of hydrogen-bond acceptors (Lipinski definition) is 7. The number of alkyl halides is 1. The molecule has 1 aliphatic rings. The van der Waals surface area contributed by atoms with Crippen LogP contribution in [0.3, 0.4) is 0 Å². The number of benzene rings is 1. The molecule has 2 rings (SSSR count). The Kier molecular flexibility index (Phi) is 7.19. The second kappa shape index (κ2) is 8.88. The van der Waals surface area contributed by atoms with Gasteiger partial charge in [0.25, 0.3) is 0 Å². The van der Waals surface area contributed by atoms with Crippen LogP contribution in [-0.4, -0.2) is 44.9 Å². The molecule has 10 heteroatoms. The topological polar surface area (TPSA) is 94.2 Å². The van der Waals surface area contributed by atoms with Crippen LogP contribution in [-0.2, 0) is 15.0 Å². The van der Waals surface area contributed by atoms with E-state index < -0.39 is 46.2 Å². The molecule has 0 saturated heterocycles. The first-order valence-corrected chi connectivity index (χ1v) is 11.0. The Balaban J connectivity index is 2.65. The van der Waals surface area contributed by atoms with Crippen LogP contribution in [0.15, 0.2) is 23.2 Å². The molecule has 0 spiro atoms. The van der Waals surface area contributed by atoms with E-state index in [4.69, 9.17) is 15.2 Å². The third kappa shape index (κ3) is 5.90. The molecule has 0 unspecified atom stereocenters. The highest BCUT2D eigenvalue weighted by Crippen LogP contribution is 2.44. The number of carbonyl (C=O) groups excluding carboxylic acids is 2. The van der Waals surface area contributed by atoms with E-state index in [0.29, 0.717) is 4.90 Å². The van der Waals surface area contributed by atoms with Crippen LogP contribution in [0.5, 0.6) is 0 Å². The predicted octanol–water partition coefficient (Wildman–Crippen LogP) is 5.62. The van der Waals surface area contributed by atoms with E-state index in [9.17, 15) is 14.0 Å². The first-order chi connectivity index (χ1) is 14.4. The number of imide groups is 1. The van der Waals surface area contributed by atoms with E-state index in [0.717, 1.165) is 17.8 Å². The molecule has 0 radical (unpaired) electrons. The summed E-state index contributed by atoms with van der Waals surface area (Å²) in [5.41, 5.74) is 2.36. The fourth-order valence-electron chi connectivity index (χ4n) is 3.06. The van der Waals surface area contributed by atoms with Crippen LogP contribution >= 0.6 is 11.8 Å². The third-order valence-corrected chi connectivity index (χ3v) is 5.54. The molecule has 7 nitrogen and oxygen atoms in total. The molecule has 178 valence electrons. The maximum atomic E-state index is 15.4. The number of carbonyl (C=O) groups is 2. The zero-order valence-corrected chi connectivity index (χ0v) is 20.5. The summed E-state index contributed by atoms with van der Waals surface area (Å²) >= 11 is 0.864. The van der Waals surface area contributed by atoms with Gasteiger partial charge in [0.05, 0.1) is 0 Å². The van der Waals surface area contributed by atoms with Gasteiger partial charge >= 0.3 is 12.2 Å². The highest BCUT2D eigenvalue weighted by atomic mass is 32.2. The average molecular weight is 472 g/mol. The van der Waals surface area contributed by atoms with Gasteiger partial charge in [0.2, 0.25) is 0 Å². The van der Waals surface area contributed by atoms with E-state index in [1.807, 2.05) is 0 Å². The number of aliphatic imine (C=N–C) groups is 1. The lowest BCUT2D eigenvalue weighted by Gasteiger charge is -2.39. The van der Waals surface area contributed by atoms with E-state index in [2.05, 4.69) is 4.99 Å². The Morgan fingerprint density at radius 1 is 1.12 bits per heavy atom. The van der Waals surface area contributed by atoms with Crippen molar-refractivity contribution in [3.8, 4) is 0 Å². The van der Waals surface area contributed by atoms with Crippen LogP contribution < -0.4 is 5.73 Å². The van der Waals surface area contributed by atoms with Gasteiger partial charge < -0.3 is 15.2 Å². The van der Waals surface area contributed by atoms with Gasteiger partial charge in [-0.3, -0.25) is 0 Å². The first kappa shape index (κ1) is 25.9. The minimum absolute atomic E-state index is 0.0806. The summed E-state index contributed by atoms with van der Waals surface area (Å²) in [4.78, 5) is 30.9. The number of amidine groups is 1. The molecule has 0 aliphatic carbocycles. The summed E-state index contributed by atoms with van der Waals surface area (Å²) < 4.78 is 40.9. The molecule has 0 fully saturated rings. The Morgan fingerprint density at radius 3 is 2.09 bits per heavy atom. The molecule has 2 amide bonds. The molecule has 0 aromatic heterocycles. The standard InChI is InChI=1S/C22H31F2N3O4S/c1-12-16(24)22(8,14-11-13(25)9-10-15(14)23)26-17(32-12)27(18(28)30-20(2,3)4)19(29)31-21(5,6)7/h9-12,16H,25H2,1-8H3/t12-,16+,22-/m1/s1. The predicted molar refractivity (Wildman–Crippen MR) is 122 cm³/mol. The largest absolute Gasteiger partial charge is 0.443 e. The van der Waals surface area contributed by atoms with Crippen molar-refractivity contribution in [3.63, 3.8) is 0 Å². The molecule has 3 atom stereocenters. The third-order valence-electron chi connectivity index (χ3n) is 4.45. The maximum absolute atomic E-state index is 15.4. The molecular weight excluding hydrogens is 440 g/mol. The fraction of sp³-hybridized carbons (Fsp3) is 0.591. The number of ether oxygens (including phenoxy) is 2. The lowest BCUT2D eigenvalue weighted by atomic mass is 9.85. The monoisotopic (exact) mass is 471 g/mol. The molecule has 1 aromatic rings. The summed E-state index contributed by atoms with van der Waals surface area (Å²) in [6.07, 6.45) is -3.69. The van der Waals surface area contributed by atoms with Gasteiger partial charge in [0.15, 0.2) is 5.17 Å². The molecule has 1 heterocycles. The van der Waals surface area contributed by atoms with Crippen LogP contribution in [0.1, 0.15) is 61.0 Å².